The molecule has 4 rings (SSSR count). The van der Waals surface area contributed by atoms with Gasteiger partial charge in [-0.15, -0.1) is 0 Å². The molecule has 0 unspecified atom stereocenters. The minimum Gasteiger partial charge on any atom is -0.492 e. The third-order valence-electron chi connectivity index (χ3n) is 7.12. The van der Waals surface area contributed by atoms with Gasteiger partial charge in [0, 0.05) is 19.8 Å². The van der Waals surface area contributed by atoms with E-state index in [-0.39, 0.29) is 23.8 Å². The fourth-order valence-corrected chi connectivity index (χ4v) is 4.64. The van der Waals surface area contributed by atoms with Crippen molar-refractivity contribution in [3.05, 3.63) is 65.2 Å². The Labute approximate surface area is 207 Å². The highest BCUT2D eigenvalue weighted by Crippen LogP contribution is 2.46. The van der Waals surface area contributed by atoms with Gasteiger partial charge in [-0.2, -0.15) is 13.2 Å². The minimum atomic E-state index is -4.45. The first-order chi connectivity index (χ1) is 17.1. The monoisotopic (exact) mass is 506 g/mol. The first kappa shape index (κ1) is 26.0. The summed E-state index contributed by atoms with van der Waals surface area (Å²) in [5.41, 5.74) is -1.12. The number of alkyl halides is 3. The van der Waals surface area contributed by atoms with Crippen molar-refractivity contribution < 1.29 is 37.3 Å². The number of carboxylic acid groups (broad SMARTS) is 1. The van der Waals surface area contributed by atoms with E-state index in [1.54, 1.807) is 12.1 Å². The van der Waals surface area contributed by atoms with Crippen LogP contribution in [0.15, 0.2) is 48.5 Å². The molecule has 36 heavy (non-hydrogen) atoms. The summed E-state index contributed by atoms with van der Waals surface area (Å²) < 4.78 is 50.0. The predicted octanol–water partition coefficient (Wildman–Crippen LogP) is 4.07. The molecule has 1 heterocycles. The van der Waals surface area contributed by atoms with E-state index >= 15 is 0 Å². The van der Waals surface area contributed by atoms with Crippen LogP contribution in [0.2, 0.25) is 0 Å². The molecule has 2 N–H and O–H groups in total. The summed E-state index contributed by atoms with van der Waals surface area (Å²) in [5.74, 6) is -1.04. The second kappa shape index (κ2) is 10.1. The van der Waals surface area contributed by atoms with Gasteiger partial charge in [0.25, 0.3) is 0 Å². The lowest BCUT2D eigenvalue weighted by Gasteiger charge is -2.43. The second-order valence-electron chi connectivity index (χ2n) is 9.36. The number of carbonyl (C=O) groups excluding carboxylic acids is 1. The molecule has 1 aliphatic heterocycles. The lowest BCUT2D eigenvalue weighted by Crippen LogP contribution is -2.62. The number of carbonyl (C=O) groups is 2. The molecule has 0 spiro atoms. The zero-order chi connectivity index (χ0) is 26.0. The number of nitrogens with one attached hydrogen (secondary N) is 1. The maximum absolute atomic E-state index is 13.7. The Morgan fingerprint density at radius 1 is 1.08 bits per heavy atom. The Morgan fingerprint density at radius 3 is 2.33 bits per heavy atom. The number of benzene rings is 2. The van der Waals surface area contributed by atoms with E-state index in [0.29, 0.717) is 32.6 Å². The van der Waals surface area contributed by atoms with Gasteiger partial charge in [0.15, 0.2) is 0 Å². The molecule has 2 aromatic rings. The Balaban J connectivity index is 1.43. The fraction of sp³-hybridized carbons (Fsp3) is 0.462. The maximum Gasteiger partial charge on any atom is 0.416 e. The van der Waals surface area contributed by atoms with Crippen molar-refractivity contribution in [1.29, 1.82) is 0 Å². The molecule has 0 radical (unpaired) electrons. The SMILES string of the molecule is CN(CCOc1cccc(C(F)(F)F)c1)C1(C(=O)NC2(c3ccc(C(=O)O)cc3)CC2)CCOCC1. The van der Waals surface area contributed by atoms with Crippen LogP contribution in [-0.4, -0.2) is 60.8 Å². The molecule has 0 aromatic heterocycles. The normalized spacial score (nSPS) is 18.5. The van der Waals surface area contributed by atoms with E-state index < -0.39 is 28.8 Å². The van der Waals surface area contributed by atoms with Crippen LogP contribution in [-0.2, 0) is 21.2 Å². The molecular formula is C26H29F3N2O5. The maximum atomic E-state index is 13.7. The summed E-state index contributed by atoms with van der Waals surface area (Å²) in [6.07, 6.45) is -2.02. The van der Waals surface area contributed by atoms with Crippen LogP contribution in [0.5, 0.6) is 5.75 Å². The molecule has 2 fully saturated rings. The Hall–Kier alpha value is -3.11. The van der Waals surface area contributed by atoms with Crippen LogP contribution in [0.3, 0.4) is 0 Å². The summed E-state index contributed by atoms with van der Waals surface area (Å²) >= 11 is 0. The summed E-state index contributed by atoms with van der Waals surface area (Å²) in [6.45, 7) is 1.25. The third-order valence-corrected chi connectivity index (χ3v) is 7.12. The van der Waals surface area contributed by atoms with Gasteiger partial charge in [-0.1, -0.05) is 18.2 Å². The lowest BCUT2D eigenvalue weighted by molar-refractivity contribution is -0.141. The number of hydrogen-bond acceptors (Lipinski definition) is 5. The largest absolute Gasteiger partial charge is 0.492 e. The number of carboxylic acids is 1. The first-order valence-corrected chi connectivity index (χ1v) is 11.8. The molecular weight excluding hydrogens is 477 g/mol. The van der Waals surface area contributed by atoms with Crippen LogP contribution in [0, 0.1) is 0 Å². The highest BCUT2D eigenvalue weighted by molar-refractivity contribution is 5.88. The number of ether oxygens (including phenoxy) is 2. The molecule has 2 aromatic carbocycles. The number of hydrogen-bond donors (Lipinski definition) is 2. The minimum absolute atomic E-state index is 0.107. The molecule has 1 saturated heterocycles. The zero-order valence-electron chi connectivity index (χ0n) is 19.9. The molecule has 194 valence electrons. The van der Waals surface area contributed by atoms with Crippen molar-refractivity contribution in [3.63, 3.8) is 0 Å². The number of rotatable bonds is 9. The molecule has 2 aliphatic rings. The fourth-order valence-electron chi connectivity index (χ4n) is 4.64. The van der Waals surface area contributed by atoms with Gasteiger partial charge in [-0.05, 0) is 68.6 Å². The van der Waals surface area contributed by atoms with Gasteiger partial charge in [-0.25, -0.2) is 4.79 Å². The topological polar surface area (TPSA) is 88.1 Å². The van der Waals surface area contributed by atoms with Gasteiger partial charge in [-0.3, -0.25) is 9.69 Å². The number of aromatic carboxylic acids is 1. The van der Waals surface area contributed by atoms with Gasteiger partial charge in [0.2, 0.25) is 5.91 Å². The van der Waals surface area contributed by atoms with Crippen molar-refractivity contribution in [1.82, 2.24) is 10.2 Å². The summed E-state index contributed by atoms with van der Waals surface area (Å²) in [4.78, 5) is 26.7. The van der Waals surface area contributed by atoms with Crippen molar-refractivity contribution in [2.24, 2.45) is 0 Å². The molecule has 0 bridgehead atoms. The average molecular weight is 507 g/mol. The van der Waals surface area contributed by atoms with Crippen molar-refractivity contribution in [2.45, 2.75) is 42.9 Å². The van der Waals surface area contributed by atoms with E-state index in [1.807, 2.05) is 11.9 Å². The molecule has 7 nitrogen and oxygen atoms in total. The Kier molecular flexibility index (Phi) is 7.28. The Bertz CT molecular complexity index is 1090. The highest BCUT2D eigenvalue weighted by atomic mass is 19.4. The van der Waals surface area contributed by atoms with Gasteiger partial charge in [0.1, 0.15) is 17.9 Å². The van der Waals surface area contributed by atoms with E-state index in [2.05, 4.69) is 5.32 Å². The van der Waals surface area contributed by atoms with Crippen molar-refractivity contribution in [3.8, 4) is 5.75 Å². The summed E-state index contributed by atoms with van der Waals surface area (Å²) in [5, 5.41) is 12.4. The molecule has 10 heteroatoms. The third kappa shape index (κ3) is 5.49. The Morgan fingerprint density at radius 2 is 1.75 bits per heavy atom. The van der Waals surface area contributed by atoms with Crippen molar-refractivity contribution in [2.75, 3.05) is 33.4 Å². The van der Waals surface area contributed by atoms with Crippen LogP contribution < -0.4 is 10.1 Å². The highest BCUT2D eigenvalue weighted by Gasteiger charge is 2.51. The van der Waals surface area contributed by atoms with Crippen LogP contribution in [0.4, 0.5) is 13.2 Å². The molecule has 0 atom stereocenters. The van der Waals surface area contributed by atoms with Gasteiger partial charge >= 0.3 is 12.1 Å². The van der Waals surface area contributed by atoms with Crippen molar-refractivity contribution >= 4 is 11.9 Å². The summed E-state index contributed by atoms with van der Waals surface area (Å²) in [6, 6.07) is 11.3. The van der Waals surface area contributed by atoms with E-state index in [0.717, 1.165) is 30.5 Å². The quantitative estimate of drug-likeness (QED) is 0.533. The first-order valence-electron chi connectivity index (χ1n) is 11.8. The average Bonchev–Trinajstić information content (AvgIpc) is 3.64. The standard InChI is InChI=1S/C26H29F3N2O5/c1-31(13-16-36-21-4-2-3-20(17-21)26(27,28)29)25(11-14-35-15-12-25)23(34)30-24(9-10-24)19-7-5-18(6-8-19)22(32)33/h2-8,17H,9-16H2,1H3,(H,30,34)(H,32,33). The number of halogens is 3. The molecule has 1 aliphatic carbocycles. The van der Waals surface area contributed by atoms with Crippen LogP contribution in [0.1, 0.15) is 47.2 Å². The summed E-state index contributed by atoms with van der Waals surface area (Å²) in [7, 11) is 1.81. The smallest absolute Gasteiger partial charge is 0.416 e. The number of amides is 1. The predicted molar refractivity (Wildman–Crippen MR) is 125 cm³/mol. The molecule has 1 amide bonds. The number of likely N-dealkylation sites (N-methyl/N-ethyl adjacent to an activating group) is 1. The molecule has 1 saturated carbocycles. The lowest BCUT2D eigenvalue weighted by atomic mass is 9.86. The van der Waals surface area contributed by atoms with Gasteiger partial charge < -0.3 is 19.9 Å². The van der Waals surface area contributed by atoms with E-state index in [4.69, 9.17) is 14.6 Å². The van der Waals surface area contributed by atoms with Crippen LogP contribution in [0.25, 0.3) is 0 Å². The van der Waals surface area contributed by atoms with E-state index in [9.17, 15) is 22.8 Å². The van der Waals surface area contributed by atoms with Gasteiger partial charge in [0.05, 0.1) is 16.7 Å². The number of nitrogens with zero attached hydrogens (tertiary/aromatic N) is 1. The second-order valence-corrected chi connectivity index (χ2v) is 9.36. The van der Waals surface area contributed by atoms with Crippen LogP contribution >= 0.6 is 0 Å². The van der Waals surface area contributed by atoms with E-state index in [1.165, 1.54) is 24.3 Å². The zero-order valence-corrected chi connectivity index (χ0v) is 19.9.